The fourth-order valence-electron chi connectivity index (χ4n) is 0. The molecule has 0 spiro atoms. The number of hydrogen-bond acceptors (Lipinski definition) is 6. The fourth-order valence-corrected chi connectivity index (χ4v) is 0. The molecule has 0 rings (SSSR count). The molecule has 0 amide bonds. The van der Waals surface area contributed by atoms with E-state index in [4.69, 9.17) is 28.0 Å². The summed E-state index contributed by atoms with van der Waals surface area (Å²) >= 11 is 0. The Kier molecular flexibility index (Phi) is 19.9. The van der Waals surface area contributed by atoms with Crippen LogP contribution in [0.3, 0.4) is 0 Å². The van der Waals surface area contributed by atoms with Crippen LogP contribution < -0.4 is 9.79 Å². The van der Waals surface area contributed by atoms with Gasteiger partial charge in [-0.25, -0.2) is 0 Å². The second kappa shape index (κ2) is 11.1. The third-order valence-corrected chi connectivity index (χ3v) is 0. The Morgan fingerprint density at radius 3 is 0.778 bits per heavy atom. The van der Waals surface area contributed by atoms with Crippen LogP contribution in [-0.4, -0.2) is 0 Å². The average molecular weight is 221 g/mol. The fraction of sp³-hybridized carbons (Fsp3) is 0. The normalized spacial score (nSPS) is 5.56. The monoisotopic (exact) mass is 221 g/mol. The van der Waals surface area contributed by atoms with Gasteiger partial charge in [0.1, 0.15) is 0 Å². The van der Waals surface area contributed by atoms with E-state index < -0.39 is 15.8 Å². The van der Waals surface area contributed by atoms with Crippen molar-refractivity contribution in [3.05, 3.63) is 0 Å². The van der Waals surface area contributed by atoms with Crippen molar-refractivity contribution in [1.82, 2.24) is 0 Å². The maximum Gasteiger partial charge on any atom is 2.00 e. The predicted molar refractivity (Wildman–Crippen MR) is 16.6 cm³/mol. The van der Waals surface area contributed by atoms with Gasteiger partial charge in [0.25, 0.3) is 0 Å². The first kappa shape index (κ1) is 16.1. The Labute approximate surface area is 61.6 Å². The Morgan fingerprint density at radius 2 is 0.778 bits per heavy atom. The summed E-state index contributed by atoms with van der Waals surface area (Å²) < 4.78 is 33.9. The Morgan fingerprint density at radius 1 is 0.778 bits per heavy atom. The van der Waals surface area contributed by atoms with Gasteiger partial charge in [-0.1, -0.05) is 0 Å². The molecule has 0 aromatic rings. The van der Waals surface area contributed by atoms with Gasteiger partial charge in [-0.2, -0.15) is 0 Å². The summed E-state index contributed by atoms with van der Waals surface area (Å²) in [4.78, 5) is 17.0. The van der Waals surface area contributed by atoms with Crippen LogP contribution in [-0.2, 0) is 35.3 Å². The number of hydrogen-bond donors (Lipinski definition) is 0. The Balaban J connectivity index is -0.0000000720. The first-order valence-electron chi connectivity index (χ1n) is 1.10. The maximum absolute atomic E-state index is 8.48. The molecular formula is CuO6P2. The average Bonchev–Trinajstić information content (AvgIpc) is 1.25. The SMILES string of the molecule is O=P(=O)[O-].O=P(=O)[O-].[Cu+2]. The molecule has 0 unspecified atom stereocenters. The molecule has 0 aliphatic heterocycles. The van der Waals surface area contributed by atoms with Crippen molar-refractivity contribution in [2.24, 2.45) is 0 Å². The molecule has 0 heterocycles. The Hall–Kier alpha value is 0.239. The van der Waals surface area contributed by atoms with E-state index in [9.17, 15) is 0 Å². The van der Waals surface area contributed by atoms with Crippen LogP contribution in [0.25, 0.3) is 0 Å². The Bertz CT molecular complexity index is 128. The first-order chi connectivity index (χ1) is 3.46. The first-order valence-corrected chi connectivity index (χ1v) is 3.29. The zero-order valence-electron chi connectivity index (χ0n) is 3.65. The van der Waals surface area contributed by atoms with E-state index in [2.05, 4.69) is 0 Å². The molecule has 0 saturated carbocycles. The van der Waals surface area contributed by atoms with E-state index in [-0.39, 0.29) is 17.1 Å². The van der Waals surface area contributed by atoms with Crippen molar-refractivity contribution in [3.63, 3.8) is 0 Å². The van der Waals surface area contributed by atoms with Crippen molar-refractivity contribution in [2.45, 2.75) is 0 Å². The second-order valence-corrected chi connectivity index (χ2v) is 1.34. The molecule has 9 heteroatoms. The van der Waals surface area contributed by atoms with Gasteiger partial charge in [0, 0.05) is 0 Å². The van der Waals surface area contributed by atoms with Gasteiger partial charge in [-0.15, -0.1) is 0 Å². The van der Waals surface area contributed by atoms with E-state index in [1.165, 1.54) is 0 Å². The van der Waals surface area contributed by atoms with Crippen molar-refractivity contribution in [1.29, 1.82) is 0 Å². The van der Waals surface area contributed by atoms with Crippen LogP contribution in [0.15, 0.2) is 0 Å². The van der Waals surface area contributed by atoms with E-state index >= 15 is 0 Å². The van der Waals surface area contributed by atoms with Gasteiger partial charge in [-0.3, -0.25) is 18.3 Å². The molecule has 0 bridgehead atoms. The summed E-state index contributed by atoms with van der Waals surface area (Å²) in [5.41, 5.74) is 0. The number of rotatable bonds is 0. The van der Waals surface area contributed by atoms with Gasteiger partial charge >= 0.3 is 17.1 Å². The largest absolute Gasteiger partial charge is 2.00 e. The summed E-state index contributed by atoms with van der Waals surface area (Å²) in [5, 5.41) is 0. The standard InChI is InChI=1S/Cu.2HO3P/c;2*1-4(2)3/h;2*(H,1,2,3)/q+2;;/p-2. The van der Waals surface area contributed by atoms with E-state index in [0.717, 1.165) is 0 Å². The minimum Gasteiger partial charge on any atom is -0.744 e. The second-order valence-electron chi connectivity index (χ2n) is 0.447. The molecule has 57 valence electrons. The van der Waals surface area contributed by atoms with Gasteiger partial charge in [0.05, 0.1) is 0 Å². The zero-order valence-corrected chi connectivity index (χ0v) is 6.38. The summed E-state index contributed by atoms with van der Waals surface area (Å²) in [5.74, 6) is 0. The predicted octanol–water partition coefficient (Wildman–Crippen LogP) is -1.13. The van der Waals surface area contributed by atoms with Crippen molar-refractivity contribution >= 4 is 15.8 Å². The molecule has 0 aliphatic carbocycles. The molecule has 0 atom stereocenters. The van der Waals surface area contributed by atoms with Crippen LogP contribution >= 0.6 is 15.8 Å². The maximum atomic E-state index is 8.48. The van der Waals surface area contributed by atoms with Crippen molar-refractivity contribution < 1.29 is 45.1 Å². The van der Waals surface area contributed by atoms with Crippen LogP contribution in [0.1, 0.15) is 0 Å². The molecular weight excluding hydrogens is 221 g/mol. The van der Waals surface area contributed by atoms with Gasteiger partial charge in [-0.05, 0) is 0 Å². The third kappa shape index (κ3) is 5590. The quantitative estimate of drug-likeness (QED) is 0.377. The van der Waals surface area contributed by atoms with Gasteiger partial charge in [0.15, 0.2) is 0 Å². The molecule has 0 aliphatic rings. The summed E-state index contributed by atoms with van der Waals surface area (Å²) in [7, 11) is -6.74. The molecule has 0 aromatic carbocycles. The summed E-state index contributed by atoms with van der Waals surface area (Å²) in [6.45, 7) is 0. The van der Waals surface area contributed by atoms with E-state index in [1.54, 1.807) is 0 Å². The molecule has 9 heavy (non-hydrogen) atoms. The van der Waals surface area contributed by atoms with Gasteiger partial charge in [0.2, 0.25) is 15.8 Å². The topological polar surface area (TPSA) is 114 Å². The van der Waals surface area contributed by atoms with Crippen molar-refractivity contribution in [2.75, 3.05) is 0 Å². The molecule has 0 aromatic heterocycles. The van der Waals surface area contributed by atoms with Crippen LogP contribution in [0.4, 0.5) is 0 Å². The van der Waals surface area contributed by atoms with Gasteiger partial charge < -0.3 is 9.79 Å². The third-order valence-electron chi connectivity index (χ3n) is 0. The van der Waals surface area contributed by atoms with Crippen LogP contribution in [0.5, 0.6) is 0 Å². The zero-order chi connectivity index (χ0) is 7.15. The van der Waals surface area contributed by atoms with E-state index in [1.807, 2.05) is 0 Å². The summed E-state index contributed by atoms with van der Waals surface area (Å²) in [6.07, 6.45) is 0. The molecule has 0 fully saturated rings. The molecule has 6 nitrogen and oxygen atoms in total. The molecule has 0 N–H and O–H groups in total. The molecule has 1 radical (unpaired) electrons. The van der Waals surface area contributed by atoms with Crippen molar-refractivity contribution in [3.8, 4) is 0 Å². The minimum atomic E-state index is -3.37. The molecule has 0 saturated heterocycles. The van der Waals surface area contributed by atoms with Crippen LogP contribution in [0.2, 0.25) is 0 Å². The van der Waals surface area contributed by atoms with Crippen LogP contribution in [0, 0.1) is 0 Å². The minimum absolute atomic E-state index is 0. The summed E-state index contributed by atoms with van der Waals surface area (Å²) in [6, 6.07) is 0. The van der Waals surface area contributed by atoms with E-state index in [0.29, 0.717) is 0 Å². The smallest absolute Gasteiger partial charge is 0.744 e.